The molecule has 2 amide bonds. The average molecular weight is 340 g/mol. The molecule has 0 radical (unpaired) electrons. The van der Waals surface area contributed by atoms with E-state index in [4.69, 9.17) is 0 Å². The quantitative estimate of drug-likeness (QED) is 0.828. The van der Waals surface area contributed by atoms with Crippen molar-refractivity contribution in [2.45, 2.75) is 44.9 Å². The molecule has 2 heterocycles. The van der Waals surface area contributed by atoms with Gasteiger partial charge in [-0.15, -0.1) is 0 Å². The van der Waals surface area contributed by atoms with Crippen molar-refractivity contribution in [3.8, 4) is 0 Å². The summed E-state index contributed by atoms with van der Waals surface area (Å²) in [5.41, 5.74) is 0.755. The molecule has 0 aromatic heterocycles. The molecule has 0 bridgehead atoms. The monoisotopic (exact) mass is 340 g/mol. The molecule has 134 valence electrons. The summed E-state index contributed by atoms with van der Waals surface area (Å²) >= 11 is 0. The molecule has 0 N–H and O–H groups in total. The minimum Gasteiger partial charge on any atom is -0.342 e. The first-order chi connectivity index (χ1) is 12.2. The van der Waals surface area contributed by atoms with Crippen molar-refractivity contribution in [1.82, 2.24) is 9.80 Å². The molecule has 1 spiro atoms. The summed E-state index contributed by atoms with van der Waals surface area (Å²) in [6.45, 7) is 3.16. The van der Waals surface area contributed by atoms with Gasteiger partial charge in [-0.05, 0) is 37.8 Å². The van der Waals surface area contributed by atoms with Gasteiger partial charge in [0, 0.05) is 37.2 Å². The van der Waals surface area contributed by atoms with Crippen LogP contribution >= 0.6 is 0 Å². The van der Waals surface area contributed by atoms with Gasteiger partial charge in [0.15, 0.2) is 0 Å². The molecule has 25 heavy (non-hydrogen) atoms. The standard InChI is InChI=1S/C21H28N2O2/c24-19(17-9-3-1-4-10-17)23-15-18(20(25)22-13-7-8-14-22)21(16-23)11-5-2-6-12-21/h1,3-4,9-10,18H,2,5-8,11-16H2. The Labute approximate surface area is 150 Å². The first-order valence-corrected chi connectivity index (χ1v) is 9.83. The zero-order valence-electron chi connectivity index (χ0n) is 15.0. The Balaban J connectivity index is 1.58. The second kappa shape index (κ2) is 6.81. The molecule has 4 heteroatoms. The number of nitrogens with zero attached hydrogens (tertiary/aromatic N) is 2. The van der Waals surface area contributed by atoms with Gasteiger partial charge in [-0.2, -0.15) is 0 Å². The average Bonchev–Trinajstić information content (AvgIpc) is 3.31. The van der Waals surface area contributed by atoms with Crippen LogP contribution in [0, 0.1) is 11.3 Å². The summed E-state index contributed by atoms with van der Waals surface area (Å²) in [6.07, 6.45) is 8.08. The fourth-order valence-corrected chi connectivity index (χ4v) is 5.15. The minimum atomic E-state index is -0.00133. The predicted molar refractivity (Wildman–Crippen MR) is 97.2 cm³/mol. The van der Waals surface area contributed by atoms with Gasteiger partial charge in [0.2, 0.25) is 5.91 Å². The lowest BCUT2D eigenvalue weighted by Crippen LogP contribution is -2.43. The molecule has 3 fully saturated rings. The second-order valence-corrected chi connectivity index (χ2v) is 8.06. The fourth-order valence-electron chi connectivity index (χ4n) is 5.15. The van der Waals surface area contributed by atoms with Gasteiger partial charge >= 0.3 is 0 Å². The van der Waals surface area contributed by atoms with Crippen LogP contribution in [-0.2, 0) is 4.79 Å². The lowest BCUT2D eigenvalue weighted by atomic mass is 9.67. The van der Waals surface area contributed by atoms with Crippen LogP contribution in [0.1, 0.15) is 55.3 Å². The number of carbonyl (C=O) groups excluding carboxylic acids is 2. The first kappa shape index (κ1) is 16.6. The van der Waals surface area contributed by atoms with E-state index >= 15 is 0 Å². The van der Waals surface area contributed by atoms with Crippen molar-refractivity contribution in [2.75, 3.05) is 26.2 Å². The van der Waals surface area contributed by atoms with Crippen molar-refractivity contribution in [3.63, 3.8) is 0 Å². The van der Waals surface area contributed by atoms with Crippen LogP contribution in [0.15, 0.2) is 30.3 Å². The highest BCUT2D eigenvalue weighted by molar-refractivity contribution is 5.95. The van der Waals surface area contributed by atoms with E-state index in [-0.39, 0.29) is 17.2 Å². The first-order valence-electron chi connectivity index (χ1n) is 9.83. The van der Waals surface area contributed by atoms with Crippen molar-refractivity contribution >= 4 is 11.8 Å². The third-order valence-electron chi connectivity index (χ3n) is 6.52. The highest BCUT2D eigenvalue weighted by Gasteiger charge is 2.52. The maximum atomic E-state index is 13.2. The van der Waals surface area contributed by atoms with Crippen molar-refractivity contribution < 1.29 is 9.59 Å². The van der Waals surface area contributed by atoms with Crippen molar-refractivity contribution in [3.05, 3.63) is 35.9 Å². The number of hydrogen-bond acceptors (Lipinski definition) is 2. The Morgan fingerprint density at radius 3 is 2.24 bits per heavy atom. The van der Waals surface area contributed by atoms with Crippen molar-refractivity contribution in [1.29, 1.82) is 0 Å². The predicted octanol–water partition coefficient (Wildman–Crippen LogP) is 3.33. The smallest absolute Gasteiger partial charge is 0.253 e. The van der Waals surface area contributed by atoms with E-state index in [1.54, 1.807) is 0 Å². The summed E-state index contributed by atoms with van der Waals surface area (Å²) in [6, 6.07) is 9.51. The number of amides is 2. The zero-order chi connectivity index (χ0) is 17.3. The Hall–Kier alpha value is -1.84. The SMILES string of the molecule is O=C(c1ccccc1)N1CC(C(=O)N2CCCC2)C2(CCCCC2)C1. The van der Waals surface area contributed by atoms with E-state index < -0.39 is 0 Å². The summed E-state index contributed by atoms with van der Waals surface area (Å²) in [7, 11) is 0. The van der Waals surface area contributed by atoms with Crippen LogP contribution in [-0.4, -0.2) is 47.8 Å². The molecular formula is C21H28N2O2. The Morgan fingerprint density at radius 1 is 0.880 bits per heavy atom. The van der Waals surface area contributed by atoms with Crippen LogP contribution in [0.5, 0.6) is 0 Å². The Morgan fingerprint density at radius 2 is 1.56 bits per heavy atom. The molecule has 1 aliphatic carbocycles. The van der Waals surface area contributed by atoms with Gasteiger partial charge in [-0.3, -0.25) is 9.59 Å². The largest absolute Gasteiger partial charge is 0.342 e. The number of hydrogen-bond donors (Lipinski definition) is 0. The van der Waals surface area contributed by atoms with Crippen LogP contribution in [0.4, 0.5) is 0 Å². The summed E-state index contributed by atoms with van der Waals surface area (Å²) in [5.74, 6) is 0.392. The van der Waals surface area contributed by atoms with E-state index in [1.807, 2.05) is 35.2 Å². The highest BCUT2D eigenvalue weighted by Crippen LogP contribution is 2.48. The molecule has 1 aromatic carbocycles. The molecule has 3 aliphatic rings. The van der Waals surface area contributed by atoms with E-state index in [0.29, 0.717) is 12.5 Å². The van der Waals surface area contributed by atoms with Crippen LogP contribution in [0.2, 0.25) is 0 Å². The van der Waals surface area contributed by atoms with E-state index in [0.717, 1.165) is 50.9 Å². The van der Waals surface area contributed by atoms with Crippen molar-refractivity contribution in [2.24, 2.45) is 11.3 Å². The van der Waals surface area contributed by atoms with Crippen LogP contribution < -0.4 is 0 Å². The normalized spacial score (nSPS) is 25.5. The van der Waals surface area contributed by atoms with Gasteiger partial charge in [0.1, 0.15) is 0 Å². The second-order valence-electron chi connectivity index (χ2n) is 8.06. The summed E-state index contributed by atoms with van der Waals surface area (Å²) in [4.78, 5) is 30.2. The van der Waals surface area contributed by atoms with E-state index in [2.05, 4.69) is 4.90 Å². The number of carbonyl (C=O) groups is 2. The lowest BCUT2D eigenvalue weighted by molar-refractivity contribution is -0.138. The Kier molecular flexibility index (Phi) is 4.53. The van der Waals surface area contributed by atoms with E-state index in [1.165, 1.54) is 19.3 Å². The topological polar surface area (TPSA) is 40.6 Å². The summed E-state index contributed by atoms with van der Waals surface area (Å²) < 4.78 is 0. The number of rotatable bonds is 2. The number of likely N-dealkylation sites (tertiary alicyclic amines) is 2. The third kappa shape index (κ3) is 3.07. The highest BCUT2D eigenvalue weighted by atomic mass is 16.2. The van der Waals surface area contributed by atoms with Gasteiger partial charge < -0.3 is 9.80 Å². The van der Waals surface area contributed by atoms with Gasteiger partial charge in [0.05, 0.1) is 5.92 Å². The van der Waals surface area contributed by atoms with Crippen LogP contribution in [0.3, 0.4) is 0 Å². The molecule has 1 atom stereocenters. The molecular weight excluding hydrogens is 312 g/mol. The zero-order valence-corrected chi connectivity index (χ0v) is 15.0. The Bertz CT molecular complexity index is 631. The molecule has 1 unspecified atom stereocenters. The molecule has 4 rings (SSSR count). The number of benzene rings is 1. The molecule has 2 saturated heterocycles. The third-order valence-corrected chi connectivity index (χ3v) is 6.52. The molecule has 1 saturated carbocycles. The van der Waals surface area contributed by atoms with Gasteiger partial charge in [-0.25, -0.2) is 0 Å². The minimum absolute atomic E-state index is 0.00133. The summed E-state index contributed by atoms with van der Waals surface area (Å²) in [5, 5.41) is 0. The van der Waals surface area contributed by atoms with E-state index in [9.17, 15) is 9.59 Å². The van der Waals surface area contributed by atoms with Gasteiger partial charge in [0.25, 0.3) is 5.91 Å². The molecule has 2 aliphatic heterocycles. The van der Waals surface area contributed by atoms with Gasteiger partial charge in [-0.1, -0.05) is 37.5 Å². The maximum absolute atomic E-state index is 13.2. The molecule has 1 aromatic rings. The fraction of sp³-hybridized carbons (Fsp3) is 0.619. The van der Waals surface area contributed by atoms with Crippen LogP contribution in [0.25, 0.3) is 0 Å². The molecule has 4 nitrogen and oxygen atoms in total. The maximum Gasteiger partial charge on any atom is 0.253 e. The lowest BCUT2D eigenvalue weighted by Gasteiger charge is -2.38.